The van der Waals surface area contributed by atoms with Gasteiger partial charge in [-0.3, -0.25) is 0 Å². The van der Waals surface area contributed by atoms with Gasteiger partial charge in [0.1, 0.15) is 0 Å². The molecule has 0 heterocycles. The number of hydrogen-bond donors (Lipinski definition) is 9. The summed E-state index contributed by atoms with van der Waals surface area (Å²) in [6, 6.07) is 40.8. The molecule has 0 aliphatic heterocycles. The van der Waals surface area contributed by atoms with Crippen molar-refractivity contribution in [1.29, 1.82) is 0 Å². The number of rotatable bonds is 28. The van der Waals surface area contributed by atoms with Crippen molar-refractivity contribution in [3.8, 4) is 0 Å². The molecule has 11 N–H and O–H groups in total. The molecule has 0 aliphatic carbocycles. The Morgan fingerprint density at radius 3 is 1.13 bits per heavy atom. The van der Waals surface area contributed by atoms with E-state index >= 15 is 0 Å². The molecule has 496 valence electrons. The summed E-state index contributed by atoms with van der Waals surface area (Å²) in [5, 5.41) is 26.5. The number of nitrogens with one attached hydrogen (secondary N) is 6. The number of amides is 1. The van der Waals surface area contributed by atoms with Crippen LogP contribution in [0.15, 0.2) is 145 Å². The number of aliphatic carboxylic acids is 1. The normalized spacial score (nSPS) is 10.6. The van der Waals surface area contributed by atoms with Crippen LogP contribution >= 0.6 is 0 Å². The van der Waals surface area contributed by atoms with Crippen molar-refractivity contribution in [2.24, 2.45) is 5.73 Å². The second kappa shape index (κ2) is 44.5. The van der Waals surface area contributed by atoms with E-state index in [1.165, 1.54) is 58.6 Å². The van der Waals surface area contributed by atoms with Gasteiger partial charge in [-0.05, 0) is 65.8 Å². The molecular formula is C70H112B4N10O7. The van der Waals surface area contributed by atoms with Crippen LogP contribution in [0.2, 0.25) is 0 Å². The van der Waals surface area contributed by atoms with Crippen LogP contribution in [0.5, 0.6) is 0 Å². The van der Waals surface area contributed by atoms with Gasteiger partial charge in [0, 0.05) is 30.0 Å². The number of benzene rings is 5. The number of carbonyl (C=O) groups is 2. The molecular weight excluding hydrogens is 1140 g/mol. The molecule has 0 spiro atoms. The second-order valence-electron chi connectivity index (χ2n) is 25.9. The van der Waals surface area contributed by atoms with Crippen LogP contribution < -0.4 is 53.2 Å². The van der Waals surface area contributed by atoms with Gasteiger partial charge < -0.3 is 16.4 Å². The molecule has 0 saturated heterocycles. The Morgan fingerprint density at radius 2 is 0.791 bits per heavy atom. The second-order valence-corrected chi connectivity index (χ2v) is 25.9. The van der Waals surface area contributed by atoms with E-state index in [-0.39, 0.29) is 42.8 Å². The van der Waals surface area contributed by atoms with Gasteiger partial charge in [0.05, 0.1) is 0 Å². The summed E-state index contributed by atoms with van der Waals surface area (Å²) >= 11 is 0. The van der Waals surface area contributed by atoms with Crippen LogP contribution in [0.3, 0.4) is 0 Å². The zero-order chi connectivity index (χ0) is 68.7. The van der Waals surface area contributed by atoms with Gasteiger partial charge >= 0.3 is 387 Å². The number of aryl methyl sites for hydroxylation is 5. The van der Waals surface area contributed by atoms with Crippen LogP contribution in [0.4, 0.5) is 28.4 Å². The van der Waals surface area contributed by atoms with Gasteiger partial charge in [-0.2, -0.15) is 0 Å². The van der Waals surface area contributed by atoms with Crippen molar-refractivity contribution >= 4 is 68.9 Å². The summed E-state index contributed by atoms with van der Waals surface area (Å²) in [7, 11) is 3.16. The Hall–Kier alpha value is -7.02. The van der Waals surface area contributed by atoms with Gasteiger partial charge in [-0.1, -0.05) is 54.5 Å². The average molecular weight is 1250 g/mol. The number of carboxylic acids is 1. The quantitative estimate of drug-likeness (QED) is 0.0128. The molecule has 0 aromatic heterocycles. The van der Waals surface area contributed by atoms with Gasteiger partial charge in [0.15, 0.2) is 0 Å². The first kappa shape index (κ1) is 86.0. The number of hydrogen-bond acceptors (Lipinski definition) is 15. The summed E-state index contributed by atoms with van der Waals surface area (Å²) in [5.74, 6) is -1.13. The van der Waals surface area contributed by atoms with Crippen molar-refractivity contribution in [3.05, 3.63) is 172 Å². The van der Waals surface area contributed by atoms with Gasteiger partial charge in [0.2, 0.25) is 0 Å². The first-order valence-electron chi connectivity index (χ1n) is 30.6. The summed E-state index contributed by atoms with van der Waals surface area (Å²) in [6.07, 6.45) is 5.48. The van der Waals surface area contributed by atoms with Crippen molar-refractivity contribution in [2.45, 2.75) is 167 Å². The predicted molar refractivity (Wildman–Crippen MR) is 387 cm³/mol. The van der Waals surface area contributed by atoms with Crippen LogP contribution in [0.25, 0.3) is 0 Å². The van der Waals surface area contributed by atoms with Crippen LogP contribution in [0.1, 0.15) is 132 Å². The van der Waals surface area contributed by atoms with Gasteiger partial charge in [0.25, 0.3) is 0 Å². The molecule has 17 nitrogen and oxygen atoms in total. The summed E-state index contributed by atoms with van der Waals surface area (Å²) in [5.41, 5.74) is 23.3. The average Bonchev–Trinajstić information content (AvgIpc) is 1.35. The number of carbonyl (C=O) groups excluding carboxylic acids is 1. The molecule has 0 fully saturated rings. The number of nitrogens with zero attached hydrogens (tertiary/aromatic N) is 2. The molecule has 91 heavy (non-hydrogen) atoms. The van der Waals surface area contributed by atoms with E-state index in [1.807, 2.05) is 62.4 Å². The minimum atomic E-state index is -1.01. The third-order valence-electron chi connectivity index (χ3n) is 13.3. The molecule has 5 aromatic carbocycles. The van der Waals surface area contributed by atoms with E-state index in [0.29, 0.717) is 20.0 Å². The zero-order valence-electron chi connectivity index (χ0n) is 57.8. The first-order chi connectivity index (χ1) is 41.9. The maximum absolute atomic E-state index is 11.9. The number of anilines is 5. The first-order valence-corrected chi connectivity index (χ1v) is 30.6. The van der Waals surface area contributed by atoms with Crippen molar-refractivity contribution in [1.82, 2.24) is 21.3 Å². The van der Waals surface area contributed by atoms with E-state index in [1.54, 1.807) is 13.8 Å². The standard InChI is InChI=1S/C17H27BN2O.C16H26N2.C12H17BN2O2.C12H19BN2O.C7H9N.C5H10BNO3.CH4/c1-14(2)10-11-20(12-17(4,5)19-13-18-21)16-8-6-15(3)7-9-16;1-13(2)10-11-18(12-16(4,5)17)15-8-6-14(3)7-9-15;1-9-4-6-10(7-5-9)15-11(16)12(2,3)14-8-13-17;1-10-4-6-11(7-5-10)14-8-12(2,3)15-9-13-16;1-6-2-4-7(8)5-3-6;1-5(2,4(8)9)7-3-6-10;/h6-10,19H,11-13H2,1-5H3;6-10H,11-12,17H2,1-5H3;4-7,14H,8H2,1-3H3,(H,15,16);4-7,14-15H,8-9H2,1-3H3;2-5H,8H2,1H3;7H,3H2,1-2H3,(H,8,9);1H4. The molecule has 1 amide bonds. The maximum atomic E-state index is 11.9. The number of nitrogen functional groups attached to an aromatic ring is 1. The predicted octanol–water partition coefficient (Wildman–Crippen LogP) is 11.4. The third kappa shape index (κ3) is 42.6. The molecule has 0 aliphatic rings. The molecule has 0 saturated carbocycles. The number of nitrogens with two attached hydrogens (primary N) is 2. The van der Waals surface area contributed by atoms with E-state index in [2.05, 4.69) is 217 Å². The molecule has 21 heteroatoms. The summed E-state index contributed by atoms with van der Waals surface area (Å²) < 4.78 is 40.9. The molecule has 0 unspecified atom stereocenters. The Bertz CT molecular complexity index is 2910. The third-order valence-corrected chi connectivity index (χ3v) is 13.3. The Morgan fingerprint density at radius 1 is 0.473 bits per heavy atom. The molecule has 5 aromatic rings. The van der Waals surface area contributed by atoms with Gasteiger partial charge in [-0.25, -0.2) is 0 Å². The monoisotopic (exact) mass is 1250 g/mol. The van der Waals surface area contributed by atoms with E-state index < -0.39 is 17.0 Å². The van der Waals surface area contributed by atoms with Crippen LogP contribution in [0, 0.1) is 34.6 Å². The van der Waals surface area contributed by atoms with Gasteiger partial charge in [-0.15, -0.1) is 0 Å². The zero-order valence-corrected chi connectivity index (χ0v) is 57.8. The van der Waals surface area contributed by atoms with Crippen molar-refractivity contribution in [3.63, 3.8) is 0 Å². The molecule has 0 atom stereocenters. The van der Waals surface area contributed by atoms with Crippen molar-refractivity contribution < 1.29 is 33.5 Å². The number of allylic oxidation sites excluding steroid dienone is 2. The van der Waals surface area contributed by atoms with E-state index in [4.69, 9.17) is 16.6 Å². The summed E-state index contributed by atoms with van der Waals surface area (Å²) in [4.78, 5) is 26.9. The fourth-order valence-corrected chi connectivity index (χ4v) is 7.58. The Kier molecular flexibility index (Phi) is 42.1. The number of carboxylic acid groups (broad SMARTS) is 1. The van der Waals surface area contributed by atoms with E-state index in [9.17, 15) is 28.4 Å². The van der Waals surface area contributed by atoms with E-state index in [0.717, 1.165) is 76.8 Å². The molecule has 0 bridgehead atoms. The fraction of sp³-hybridized carbons (Fsp3) is 0.486. The SMILES string of the molecule is C.CC(C)(NCB=O)C(=O)O.CC(C)=CCN(CC(C)(C)N)c1ccc(C)cc1.CC(C)=CCN(CC(C)(C)NCB=O)c1ccc(C)cc1.Cc1ccc(N)cc1.Cc1ccc(NC(=O)C(C)(C)NCB=O)cc1.Cc1ccc(NCC(C)(C)NCB=O)cc1. The Balaban J connectivity index is 0. The molecule has 5 rings (SSSR count). The summed E-state index contributed by atoms with van der Waals surface area (Å²) in [6.45, 7) is 42.0. The Labute approximate surface area is 550 Å². The van der Waals surface area contributed by atoms with Crippen molar-refractivity contribution in [2.75, 3.05) is 84.7 Å². The topological polar surface area (TPSA) is 253 Å². The van der Waals surface area contributed by atoms with Crippen LogP contribution in [-0.2, 0) is 28.4 Å². The molecule has 0 radical (unpaired) electrons. The minimum absolute atomic E-state index is 0. The van der Waals surface area contributed by atoms with Crippen LogP contribution in [-0.4, -0.2) is 132 Å². The fourth-order valence-electron chi connectivity index (χ4n) is 7.58.